The van der Waals surface area contributed by atoms with Gasteiger partial charge in [-0.25, -0.2) is 0 Å². The van der Waals surface area contributed by atoms with Gasteiger partial charge in [-0.15, -0.1) is 11.3 Å². The Morgan fingerprint density at radius 1 is 1.30 bits per heavy atom. The number of amidine groups is 1. The number of thiophene rings is 1. The fourth-order valence-corrected chi connectivity index (χ4v) is 3.32. The average Bonchev–Trinajstić information content (AvgIpc) is 2.82. The molecule has 3 N–H and O–H groups in total. The summed E-state index contributed by atoms with van der Waals surface area (Å²) >= 11 is 7.53. The molecule has 1 unspecified atom stereocenters. The number of rotatable bonds is 6. The smallest absolute Gasteiger partial charge is 0.0995 e. The lowest BCUT2D eigenvalue weighted by Gasteiger charge is -2.23. The van der Waals surface area contributed by atoms with Crippen molar-refractivity contribution in [1.29, 1.82) is 5.41 Å². The predicted octanol–water partition coefficient (Wildman–Crippen LogP) is 3.55. The number of likely N-dealkylation sites (N-methyl/N-ethyl adjacent to an activating group) is 1. The van der Waals surface area contributed by atoms with Gasteiger partial charge in [0, 0.05) is 18.0 Å². The van der Waals surface area contributed by atoms with Crippen molar-refractivity contribution in [2.24, 2.45) is 5.73 Å². The summed E-state index contributed by atoms with van der Waals surface area (Å²) in [6.45, 7) is 1.53. The van der Waals surface area contributed by atoms with Crippen molar-refractivity contribution in [3.63, 3.8) is 0 Å². The third kappa shape index (κ3) is 4.07. The molecule has 0 fully saturated rings. The van der Waals surface area contributed by atoms with E-state index < -0.39 is 0 Å². The summed E-state index contributed by atoms with van der Waals surface area (Å²) < 4.78 is 0.805. The summed E-state index contributed by atoms with van der Waals surface area (Å²) in [5.74, 6) is 0.129. The second-order valence-electron chi connectivity index (χ2n) is 4.82. The lowest BCUT2D eigenvalue weighted by Crippen LogP contribution is -2.32. The molecular weight excluding hydrogens is 290 g/mol. The van der Waals surface area contributed by atoms with E-state index in [1.165, 1.54) is 4.88 Å². The minimum absolute atomic E-state index is 0.0726. The quantitative estimate of drug-likeness (QED) is 0.633. The molecule has 2 rings (SSSR count). The van der Waals surface area contributed by atoms with Crippen LogP contribution in [-0.4, -0.2) is 24.3 Å². The number of nitrogens with two attached hydrogens (primary N) is 1. The van der Waals surface area contributed by atoms with Gasteiger partial charge in [0.05, 0.1) is 16.1 Å². The highest BCUT2D eigenvalue weighted by Crippen LogP contribution is 2.23. The van der Waals surface area contributed by atoms with Gasteiger partial charge < -0.3 is 10.6 Å². The number of benzene rings is 1. The zero-order valence-electron chi connectivity index (χ0n) is 11.3. The summed E-state index contributed by atoms with van der Waals surface area (Å²) in [7, 11) is 2.03. The predicted molar refractivity (Wildman–Crippen MR) is 86.8 cm³/mol. The fraction of sp³-hybridized carbons (Fsp3) is 0.267. The monoisotopic (exact) mass is 307 g/mol. The molecule has 20 heavy (non-hydrogen) atoms. The summed E-state index contributed by atoms with van der Waals surface area (Å²) in [6, 6.07) is 13.9. The maximum Gasteiger partial charge on any atom is 0.0995 e. The van der Waals surface area contributed by atoms with Gasteiger partial charge in [-0.1, -0.05) is 41.9 Å². The fourth-order valence-electron chi connectivity index (χ4n) is 2.15. The highest BCUT2D eigenvalue weighted by Gasteiger charge is 2.17. The minimum atomic E-state index is -0.0726. The summed E-state index contributed by atoms with van der Waals surface area (Å²) in [6.07, 6.45) is 0. The molecule has 0 amide bonds. The van der Waals surface area contributed by atoms with Crippen LogP contribution in [0.25, 0.3) is 0 Å². The molecule has 2 aromatic rings. The van der Waals surface area contributed by atoms with Crippen LogP contribution in [-0.2, 0) is 6.54 Å². The Hall–Kier alpha value is -1.36. The van der Waals surface area contributed by atoms with Crippen LogP contribution in [0.15, 0.2) is 42.5 Å². The first-order valence-corrected chi connectivity index (χ1v) is 7.57. The van der Waals surface area contributed by atoms with Crippen molar-refractivity contribution >= 4 is 28.8 Å². The van der Waals surface area contributed by atoms with Gasteiger partial charge in [-0.05, 0) is 24.7 Å². The molecule has 0 aliphatic rings. The van der Waals surface area contributed by atoms with E-state index in [1.807, 2.05) is 49.5 Å². The van der Waals surface area contributed by atoms with Crippen molar-refractivity contribution in [2.75, 3.05) is 13.6 Å². The molecule has 1 atom stereocenters. The van der Waals surface area contributed by atoms with E-state index in [1.54, 1.807) is 11.3 Å². The van der Waals surface area contributed by atoms with Gasteiger partial charge in [0.2, 0.25) is 0 Å². The molecule has 3 nitrogen and oxygen atoms in total. The Morgan fingerprint density at radius 3 is 2.55 bits per heavy atom. The van der Waals surface area contributed by atoms with Crippen LogP contribution in [0.2, 0.25) is 4.34 Å². The largest absolute Gasteiger partial charge is 0.387 e. The number of hydrogen-bond donors (Lipinski definition) is 2. The van der Waals surface area contributed by atoms with Crippen LogP contribution in [0.1, 0.15) is 16.4 Å². The Balaban J connectivity index is 2.03. The topological polar surface area (TPSA) is 53.1 Å². The minimum Gasteiger partial charge on any atom is -0.387 e. The molecular formula is C15H18ClN3S. The molecule has 0 aliphatic heterocycles. The maximum atomic E-state index is 7.80. The molecule has 1 aromatic carbocycles. The first-order valence-electron chi connectivity index (χ1n) is 6.38. The Labute approximate surface area is 128 Å². The van der Waals surface area contributed by atoms with Crippen LogP contribution in [0.4, 0.5) is 0 Å². The molecule has 0 spiro atoms. The molecule has 0 aliphatic carbocycles. The second-order valence-corrected chi connectivity index (χ2v) is 6.62. The van der Waals surface area contributed by atoms with Gasteiger partial charge in [0.15, 0.2) is 0 Å². The van der Waals surface area contributed by atoms with Gasteiger partial charge in [0.25, 0.3) is 0 Å². The molecule has 5 heteroatoms. The zero-order chi connectivity index (χ0) is 14.5. The lowest BCUT2D eigenvalue weighted by atomic mass is 9.97. The average molecular weight is 308 g/mol. The Bertz CT molecular complexity index is 568. The summed E-state index contributed by atoms with van der Waals surface area (Å²) in [5.41, 5.74) is 6.83. The van der Waals surface area contributed by atoms with Crippen molar-refractivity contribution in [3.8, 4) is 0 Å². The van der Waals surface area contributed by atoms with Gasteiger partial charge in [-0.2, -0.15) is 0 Å². The summed E-state index contributed by atoms with van der Waals surface area (Å²) in [5, 5.41) is 7.80. The van der Waals surface area contributed by atoms with E-state index in [-0.39, 0.29) is 11.8 Å². The van der Waals surface area contributed by atoms with Crippen LogP contribution >= 0.6 is 22.9 Å². The van der Waals surface area contributed by atoms with E-state index >= 15 is 0 Å². The lowest BCUT2D eigenvalue weighted by molar-refractivity contribution is 0.325. The van der Waals surface area contributed by atoms with Crippen molar-refractivity contribution in [3.05, 3.63) is 57.2 Å². The van der Waals surface area contributed by atoms with Crippen molar-refractivity contribution in [2.45, 2.75) is 12.5 Å². The normalized spacial score (nSPS) is 12.6. The molecule has 106 valence electrons. The van der Waals surface area contributed by atoms with Crippen LogP contribution in [0, 0.1) is 5.41 Å². The molecule has 0 radical (unpaired) electrons. The van der Waals surface area contributed by atoms with Gasteiger partial charge in [-0.3, -0.25) is 5.41 Å². The highest BCUT2D eigenvalue weighted by atomic mass is 35.5. The first kappa shape index (κ1) is 15.0. The molecule has 1 aromatic heterocycles. The van der Waals surface area contributed by atoms with Gasteiger partial charge >= 0.3 is 0 Å². The van der Waals surface area contributed by atoms with Crippen molar-refractivity contribution in [1.82, 2.24) is 4.90 Å². The summed E-state index contributed by atoms with van der Waals surface area (Å²) in [4.78, 5) is 3.38. The van der Waals surface area contributed by atoms with Gasteiger partial charge in [0.1, 0.15) is 0 Å². The van der Waals surface area contributed by atoms with E-state index in [0.717, 1.165) is 23.0 Å². The number of hydrogen-bond acceptors (Lipinski definition) is 3. The van der Waals surface area contributed by atoms with Crippen molar-refractivity contribution < 1.29 is 0 Å². The van der Waals surface area contributed by atoms with Crippen LogP contribution in [0.3, 0.4) is 0 Å². The SMILES string of the molecule is CN(Cc1ccc(Cl)s1)CC(C(=N)N)c1ccccc1. The zero-order valence-corrected chi connectivity index (χ0v) is 12.9. The van der Waals surface area contributed by atoms with E-state index in [2.05, 4.69) is 4.90 Å². The molecule has 0 saturated heterocycles. The Morgan fingerprint density at radius 2 is 2.00 bits per heavy atom. The third-order valence-corrected chi connectivity index (χ3v) is 4.34. The maximum absolute atomic E-state index is 7.80. The number of nitrogens with one attached hydrogen (secondary N) is 1. The second kappa shape index (κ2) is 6.88. The molecule has 1 heterocycles. The first-order chi connectivity index (χ1) is 9.56. The van der Waals surface area contributed by atoms with Crippen LogP contribution < -0.4 is 5.73 Å². The standard InChI is InChI=1S/C15H18ClN3S/c1-19(9-12-7-8-14(16)20-12)10-13(15(17)18)11-5-3-2-4-6-11/h2-8,13H,9-10H2,1H3,(H3,17,18). The number of halogens is 1. The van der Waals surface area contributed by atoms with E-state index in [0.29, 0.717) is 0 Å². The molecule has 0 saturated carbocycles. The number of nitrogens with zero attached hydrogens (tertiary/aromatic N) is 1. The van der Waals surface area contributed by atoms with Crippen LogP contribution in [0.5, 0.6) is 0 Å². The van der Waals surface area contributed by atoms with E-state index in [9.17, 15) is 0 Å². The highest BCUT2D eigenvalue weighted by molar-refractivity contribution is 7.16. The Kier molecular flexibility index (Phi) is 5.17. The molecule has 0 bridgehead atoms. The third-order valence-electron chi connectivity index (χ3n) is 3.13. The van der Waals surface area contributed by atoms with E-state index in [4.69, 9.17) is 22.7 Å².